The third-order valence-corrected chi connectivity index (χ3v) is 2.89. The molecule has 0 aromatic heterocycles. The summed E-state index contributed by atoms with van der Waals surface area (Å²) in [6.07, 6.45) is -3.05. The van der Waals surface area contributed by atoms with E-state index in [1.54, 1.807) is 0 Å². The number of carbonyl (C=O) groups excluding carboxylic acids is 3. The summed E-state index contributed by atoms with van der Waals surface area (Å²) in [5.74, 6) is -1.59. The zero-order chi connectivity index (χ0) is 16.0. The van der Waals surface area contributed by atoms with E-state index in [0.717, 1.165) is 0 Å². The van der Waals surface area contributed by atoms with E-state index < -0.39 is 42.3 Å². The van der Waals surface area contributed by atoms with Crippen molar-refractivity contribution in [1.82, 2.24) is 0 Å². The van der Waals surface area contributed by atoms with Gasteiger partial charge in [-0.05, 0) is 0 Å². The first-order chi connectivity index (χ1) is 9.85. The van der Waals surface area contributed by atoms with Crippen LogP contribution in [0.2, 0.25) is 0 Å². The van der Waals surface area contributed by atoms with Crippen molar-refractivity contribution >= 4 is 17.9 Å². The largest absolute Gasteiger partial charge is 0.463 e. The predicted octanol–water partition coefficient (Wildman–Crippen LogP) is -0.173. The molecule has 0 aromatic carbocycles. The third kappa shape index (κ3) is 5.31. The standard InChI is InChI=1S/C13H20O8/c1-7(14)18-6-11-13(21-9(3)16)12(20-8(2)15)10(17-4)5-19-11/h10-13H,5-6H2,1-4H3/t10-,11-,12+,13+/m1/s1. The summed E-state index contributed by atoms with van der Waals surface area (Å²) < 4.78 is 25.9. The van der Waals surface area contributed by atoms with Crippen LogP contribution in [0.15, 0.2) is 0 Å². The molecule has 120 valence electrons. The first-order valence-corrected chi connectivity index (χ1v) is 6.47. The molecule has 1 aliphatic rings. The van der Waals surface area contributed by atoms with E-state index in [2.05, 4.69) is 0 Å². The SMILES string of the molecule is CO[C@@H]1CO[C@H](COC(C)=O)[C@H](OC(C)=O)[C@H]1OC(C)=O. The Labute approximate surface area is 122 Å². The second-order valence-electron chi connectivity index (χ2n) is 4.60. The van der Waals surface area contributed by atoms with Crippen LogP contribution in [0.25, 0.3) is 0 Å². The Morgan fingerprint density at radius 2 is 1.57 bits per heavy atom. The molecule has 0 aliphatic carbocycles. The third-order valence-electron chi connectivity index (χ3n) is 2.89. The minimum Gasteiger partial charge on any atom is -0.463 e. The molecule has 0 bridgehead atoms. The van der Waals surface area contributed by atoms with Crippen LogP contribution in [0, 0.1) is 0 Å². The molecule has 1 fully saturated rings. The quantitative estimate of drug-likeness (QED) is 0.510. The molecule has 1 rings (SSSR count). The lowest BCUT2D eigenvalue weighted by Crippen LogP contribution is -2.58. The molecular formula is C13H20O8. The van der Waals surface area contributed by atoms with Gasteiger partial charge in [-0.15, -0.1) is 0 Å². The Kier molecular flexibility index (Phi) is 6.57. The number of hydrogen-bond acceptors (Lipinski definition) is 8. The minimum absolute atomic E-state index is 0.110. The highest BCUT2D eigenvalue weighted by Crippen LogP contribution is 2.24. The molecular weight excluding hydrogens is 284 g/mol. The van der Waals surface area contributed by atoms with Gasteiger partial charge in [-0.25, -0.2) is 0 Å². The zero-order valence-corrected chi connectivity index (χ0v) is 12.5. The number of hydrogen-bond donors (Lipinski definition) is 0. The van der Waals surface area contributed by atoms with Crippen LogP contribution >= 0.6 is 0 Å². The fourth-order valence-electron chi connectivity index (χ4n) is 2.05. The minimum atomic E-state index is -0.913. The first-order valence-electron chi connectivity index (χ1n) is 6.47. The van der Waals surface area contributed by atoms with Crippen LogP contribution in [0.3, 0.4) is 0 Å². The van der Waals surface area contributed by atoms with Gasteiger partial charge in [0.25, 0.3) is 0 Å². The van der Waals surface area contributed by atoms with Crippen molar-refractivity contribution in [2.45, 2.75) is 45.2 Å². The van der Waals surface area contributed by atoms with Crippen molar-refractivity contribution in [2.24, 2.45) is 0 Å². The molecule has 0 aromatic rings. The van der Waals surface area contributed by atoms with Crippen molar-refractivity contribution in [2.75, 3.05) is 20.3 Å². The van der Waals surface area contributed by atoms with Gasteiger partial charge in [0.05, 0.1) is 6.61 Å². The second-order valence-corrected chi connectivity index (χ2v) is 4.60. The van der Waals surface area contributed by atoms with Gasteiger partial charge in [-0.1, -0.05) is 0 Å². The second kappa shape index (κ2) is 7.94. The maximum absolute atomic E-state index is 11.3. The van der Waals surface area contributed by atoms with Crippen LogP contribution in [0.1, 0.15) is 20.8 Å². The summed E-state index contributed by atoms with van der Waals surface area (Å²) in [7, 11) is 1.43. The highest BCUT2D eigenvalue weighted by atomic mass is 16.6. The van der Waals surface area contributed by atoms with E-state index in [-0.39, 0.29) is 13.2 Å². The van der Waals surface area contributed by atoms with Gasteiger partial charge in [0.15, 0.2) is 12.2 Å². The molecule has 1 aliphatic heterocycles. The average molecular weight is 304 g/mol. The van der Waals surface area contributed by atoms with E-state index >= 15 is 0 Å². The Balaban J connectivity index is 2.89. The van der Waals surface area contributed by atoms with Gasteiger partial charge in [0.2, 0.25) is 0 Å². The molecule has 0 saturated carbocycles. The number of ether oxygens (including phenoxy) is 5. The molecule has 8 heteroatoms. The van der Waals surface area contributed by atoms with Crippen molar-refractivity contribution < 1.29 is 38.1 Å². The van der Waals surface area contributed by atoms with Gasteiger partial charge >= 0.3 is 17.9 Å². The Morgan fingerprint density at radius 1 is 1.00 bits per heavy atom. The van der Waals surface area contributed by atoms with E-state index in [9.17, 15) is 14.4 Å². The zero-order valence-electron chi connectivity index (χ0n) is 12.5. The van der Waals surface area contributed by atoms with Gasteiger partial charge in [0, 0.05) is 27.9 Å². The Bertz CT molecular complexity index is 394. The van der Waals surface area contributed by atoms with E-state index in [0.29, 0.717) is 0 Å². The number of methoxy groups -OCH3 is 1. The summed E-state index contributed by atoms with van der Waals surface area (Å²) in [5.41, 5.74) is 0. The molecule has 4 atom stereocenters. The van der Waals surface area contributed by atoms with Crippen molar-refractivity contribution in [1.29, 1.82) is 0 Å². The molecule has 0 spiro atoms. The molecule has 21 heavy (non-hydrogen) atoms. The number of carbonyl (C=O) groups is 3. The summed E-state index contributed by atoms with van der Waals surface area (Å²) in [6, 6.07) is 0. The molecule has 0 N–H and O–H groups in total. The van der Waals surface area contributed by atoms with Crippen LogP contribution in [0.5, 0.6) is 0 Å². The van der Waals surface area contributed by atoms with Crippen LogP contribution < -0.4 is 0 Å². The maximum atomic E-state index is 11.3. The summed E-state index contributed by atoms with van der Waals surface area (Å²) in [4.78, 5) is 33.4. The lowest BCUT2D eigenvalue weighted by atomic mass is 9.99. The predicted molar refractivity (Wildman–Crippen MR) is 68.3 cm³/mol. The van der Waals surface area contributed by atoms with Crippen LogP contribution in [-0.2, 0) is 38.1 Å². The molecule has 1 saturated heterocycles. The fourth-order valence-corrected chi connectivity index (χ4v) is 2.05. The fraction of sp³-hybridized carbons (Fsp3) is 0.769. The normalized spacial score (nSPS) is 28.6. The van der Waals surface area contributed by atoms with Crippen molar-refractivity contribution in [3.8, 4) is 0 Å². The number of esters is 3. The summed E-state index contributed by atoms with van der Waals surface area (Å²) in [5, 5.41) is 0. The van der Waals surface area contributed by atoms with Crippen LogP contribution in [0.4, 0.5) is 0 Å². The van der Waals surface area contributed by atoms with Gasteiger partial charge < -0.3 is 23.7 Å². The summed E-state index contributed by atoms with van der Waals surface area (Å²) >= 11 is 0. The highest BCUT2D eigenvalue weighted by Gasteiger charge is 2.45. The number of rotatable bonds is 5. The van der Waals surface area contributed by atoms with Gasteiger partial charge in [0.1, 0.15) is 18.8 Å². The maximum Gasteiger partial charge on any atom is 0.303 e. The lowest BCUT2D eigenvalue weighted by Gasteiger charge is -2.40. The monoisotopic (exact) mass is 304 g/mol. The van der Waals surface area contributed by atoms with E-state index in [1.165, 1.54) is 27.9 Å². The van der Waals surface area contributed by atoms with Gasteiger partial charge in [-0.3, -0.25) is 14.4 Å². The van der Waals surface area contributed by atoms with Crippen LogP contribution in [-0.4, -0.2) is 62.6 Å². The Hall–Kier alpha value is -1.67. The van der Waals surface area contributed by atoms with E-state index in [1.807, 2.05) is 0 Å². The average Bonchev–Trinajstić information content (AvgIpc) is 2.37. The lowest BCUT2D eigenvalue weighted by molar-refractivity contribution is -0.229. The molecule has 1 heterocycles. The van der Waals surface area contributed by atoms with Gasteiger partial charge in [-0.2, -0.15) is 0 Å². The Morgan fingerprint density at radius 3 is 2.05 bits per heavy atom. The van der Waals surface area contributed by atoms with E-state index in [4.69, 9.17) is 23.7 Å². The smallest absolute Gasteiger partial charge is 0.303 e. The topological polar surface area (TPSA) is 97.4 Å². The highest BCUT2D eigenvalue weighted by molar-refractivity contribution is 5.67. The van der Waals surface area contributed by atoms with Crippen molar-refractivity contribution in [3.63, 3.8) is 0 Å². The molecule has 8 nitrogen and oxygen atoms in total. The molecule has 0 radical (unpaired) electrons. The molecule has 0 amide bonds. The molecule has 0 unspecified atom stereocenters. The first kappa shape index (κ1) is 17.4. The van der Waals surface area contributed by atoms with Crippen molar-refractivity contribution in [3.05, 3.63) is 0 Å². The summed E-state index contributed by atoms with van der Waals surface area (Å²) in [6.45, 7) is 3.74.